The summed E-state index contributed by atoms with van der Waals surface area (Å²) in [6.45, 7) is 1.48. The molecule has 0 radical (unpaired) electrons. The molecule has 0 aromatic heterocycles. The van der Waals surface area contributed by atoms with Gasteiger partial charge in [0.15, 0.2) is 0 Å². The van der Waals surface area contributed by atoms with Crippen LogP contribution in [0, 0.1) is 24.1 Å². The molecule has 1 aliphatic heterocycles. The lowest BCUT2D eigenvalue weighted by Crippen LogP contribution is -2.46. The molecule has 162 valence electrons. The Morgan fingerprint density at radius 3 is 2.59 bits per heavy atom. The molecular formula is C27H25FN2O2. The number of likely N-dealkylation sites (tertiary alicyclic amines) is 1. The van der Waals surface area contributed by atoms with Gasteiger partial charge < -0.3 is 9.80 Å². The smallest absolute Gasteiger partial charge is 0.254 e. The number of nitrogens with zero attached hydrogens (tertiary/aromatic N) is 2. The van der Waals surface area contributed by atoms with Crippen molar-refractivity contribution in [3.63, 3.8) is 0 Å². The lowest BCUT2D eigenvalue weighted by atomic mass is 9.95. The van der Waals surface area contributed by atoms with E-state index in [1.807, 2.05) is 42.5 Å². The van der Waals surface area contributed by atoms with Crippen LogP contribution in [0.15, 0.2) is 66.7 Å². The molecule has 3 aromatic rings. The van der Waals surface area contributed by atoms with E-state index in [-0.39, 0.29) is 30.1 Å². The van der Waals surface area contributed by atoms with Gasteiger partial charge in [0, 0.05) is 25.2 Å². The van der Waals surface area contributed by atoms with E-state index in [1.165, 1.54) is 12.1 Å². The monoisotopic (exact) mass is 428 g/mol. The number of benzene rings is 3. The van der Waals surface area contributed by atoms with E-state index in [0.717, 1.165) is 22.8 Å². The number of rotatable bonds is 5. The van der Waals surface area contributed by atoms with Crippen molar-refractivity contribution < 1.29 is 14.0 Å². The first-order valence-electron chi connectivity index (χ1n) is 10.8. The maximum Gasteiger partial charge on any atom is 0.254 e. The molecule has 0 aliphatic carbocycles. The SMILES string of the molecule is C#CCN(Cc1ccc(F)cc1)C(=O)C1CCCN(C(=O)c2cccc3ccccc23)C1. The molecule has 1 heterocycles. The molecule has 5 heteroatoms. The van der Waals surface area contributed by atoms with Crippen molar-refractivity contribution >= 4 is 22.6 Å². The standard InChI is InChI=1S/C27H25FN2O2/c1-2-16-29(18-20-12-14-23(28)15-13-20)26(31)22-9-6-17-30(19-22)27(32)25-11-5-8-21-7-3-4-10-24(21)25/h1,3-5,7-8,10-15,22H,6,9,16-19H2. The second kappa shape index (κ2) is 9.65. The number of fused-ring (bicyclic) bond motifs is 1. The Morgan fingerprint density at radius 1 is 1.06 bits per heavy atom. The van der Waals surface area contributed by atoms with Gasteiger partial charge in [0.05, 0.1) is 12.5 Å². The number of hydrogen-bond acceptors (Lipinski definition) is 2. The second-order valence-electron chi connectivity index (χ2n) is 8.14. The number of carbonyl (C=O) groups excluding carboxylic acids is 2. The zero-order valence-electron chi connectivity index (χ0n) is 17.8. The van der Waals surface area contributed by atoms with Gasteiger partial charge in [0.2, 0.25) is 5.91 Å². The van der Waals surface area contributed by atoms with Gasteiger partial charge in [-0.2, -0.15) is 0 Å². The molecule has 1 fully saturated rings. The lowest BCUT2D eigenvalue weighted by Gasteiger charge is -2.35. The summed E-state index contributed by atoms with van der Waals surface area (Å²) in [5.74, 6) is 1.80. The van der Waals surface area contributed by atoms with E-state index in [2.05, 4.69) is 5.92 Å². The van der Waals surface area contributed by atoms with Crippen LogP contribution in [0.5, 0.6) is 0 Å². The number of halogens is 1. The highest BCUT2D eigenvalue weighted by atomic mass is 19.1. The molecule has 3 aromatic carbocycles. The molecule has 4 rings (SSSR count). The topological polar surface area (TPSA) is 40.6 Å². The van der Waals surface area contributed by atoms with Crippen LogP contribution in [-0.2, 0) is 11.3 Å². The van der Waals surface area contributed by atoms with Gasteiger partial charge in [-0.15, -0.1) is 6.42 Å². The molecule has 0 bridgehead atoms. The van der Waals surface area contributed by atoms with Crippen molar-refractivity contribution in [2.75, 3.05) is 19.6 Å². The van der Waals surface area contributed by atoms with Crippen LogP contribution in [0.4, 0.5) is 4.39 Å². The Hall–Kier alpha value is -3.65. The van der Waals surface area contributed by atoms with Gasteiger partial charge in [-0.1, -0.05) is 54.5 Å². The maximum atomic E-state index is 13.3. The maximum absolute atomic E-state index is 13.3. The first kappa shape index (κ1) is 21.6. The number of terminal acetylenes is 1. The molecule has 0 N–H and O–H groups in total. The first-order valence-corrected chi connectivity index (χ1v) is 10.8. The molecule has 32 heavy (non-hydrogen) atoms. The van der Waals surface area contributed by atoms with Crippen LogP contribution in [0.25, 0.3) is 10.8 Å². The number of amides is 2. The van der Waals surface area contributed by atoms with Crippen LogP contribution in [0.1, 0.15) is 28.8 Å². The fraction of sp³-hybridized carbons (Fsp3) is 0.259. The highest BCUT2D eigenvalue weighted by Crippen LogP contribution is 2.25. The predicted octanol–water partition coefficient (Wildman–Crippen LogP) is 4.49. The van der Waals surface area contributed by atoms with Crippen molar-refractivity contribution in [3.8, 4) is 12.3 Å². The first-order chi connectivity index (χ1) is 15.6. The van der Waals surface area contributed by atoms with Crippen LogP contribution < -0.4 is 0 Å². The fourth-order valence-corrected chi connectivity index (χ4v) is 4.34. The normalized spacial score (nSPS) is 15.9. The van der Waals surface area contributed by atoms with Crippen molar-refractivity contribution in [2.24, 2.45) is 5.92 Å². The summed E-state index contributed by atoms with van der Waals surface area (Å²) >= 11 is 0. The Kier molecular flexibility index (Phi) is 6.51. The average molecular weight is 429 g/mol. The molecule has 2 amide bonds. The van der Waals surface area contributed by atoms with Crippen LogP contribution >= 0.6 is 0 Å². The Morgan fingerprint density at radius 2 is 1.81 bits per heavy atom. The van der Waals surface area contributed by atoms with Crippen molar-refractivity contribution in [2.45, 2.75) is 19.4 Å². The average Bonchev–Trinajstić information content (AvgIpc) is 2.84. The number of hydrogen-bond donors (Lipinski definition) is 0. The van der Waals surface area contributed by atoms with Gasteiger partial charge in [0.25, 0.3) is 5.91 Å². The Bertz CT molecular complexity index is 1160. The Labute approximate surface area is 187 Å². The van der Waals surface area contributed by atoms with E-state index >= 15 is 0 Å². The van der Waals surface area contributed by atoms with E-state index in [9.17, 15) is 14.0 Å². The van der Waals surface area contributed by atoms with Crippen molar-refractivity contribution in [3.05, 3.63) is 83.7 Å². The van der Waals surface area contributed by atoms with Crippen molar-refractivity contribution in [1.29, 1.82) is 0 Å². The highest BCUT2D eigenvalue weighted by molar-refractivity contribution is 6.07. The van der Waals surface area contributed by atoms with E-state index in [0.29, 0.717) is 31.6 Å². The van der Waals surface area contributed by atoms with E-state index in [4.69, 9.17) is 6.42 Å². The molecule has 1 atom stereocenters. The molecule has 1 aliphatic rings. The fourth-order valence-electron chi connectivity index (χ4n) is 4.34. The summed E-state index contributed by atoms with van der Waals surface area (Å²) in [6.07, 6.45) is 6.98. The highest BCUT2D eigenvalue weighted by Gasteiger charge is 2.32. The van der Waals surface area contributed by atoms with Crippen LogP contribution in [0.3, 0.4) is 0 Å². The minimum Gasteiger partial charge on any atom is -0.338 e. The third-order valence-corrected chi connectivity index (χ3v) is 5.96. The molecule has 1 saturated heterocycles. The zero-order chi connectivity index (χ0) is 22.5. The van der Waals surface area contributed by atoms with E-state index in [1.54, 1.807) is 21.9 Å². The van der Waals surface area contributed by atoms with Gasteiger partial charge in [-0.3, -0.25) is 9.59 Å². The minimum atomic E-state index is -0.321. The summed E-state index contributed by atoms with van der Waals surface area (Å²) in [5, 5.41) is 1.93. The van der Waals surface area contributed by atoms with Gasteiger partial charge in [-0.25, -0.2) is 4.39 Å². The molecule has 0 spiro atoms. The number of piperidine rings is 1. The number of carbonyl (C=O) groups is 2. The minimum absolute atomic E-state index is 0.0543. The van der Waals surface area contributed by atoms with Crippen LogP contribution in [-0.4, -0.2) is 41.2 Å². The third-order valence-electron chi connectivity index (χ3n) is 5.96. The summed E-state index contributed by atoms with van der Waals surface area (Å²) in [4.78, 5) is 30.0. The van der Waals surface area contributed by atoms with Gasteiger partial charge in [0.1, 0.15) is 5.82 Å². The summed E-state index contributed by atoms with van der Waals surface area (Å²) < 4.78 is 13.2. The molecule has 0 saturated carbocycles. The lowest BCUT2D eigenvalue weighted by molar-refractivity contribution is -0.136. The quantitative estimate of drug-likeness (QED) is 0.562. The largest absolute Gasteiger partial charge is 0.338 e. The van der Waals surface area contributed by atoms with Crippen molar-refractivity contribution in [1.82, 2.24) is 9.80 Å². The third kappa shape index (κ3) is 4.65. The van der Waals surface area contributed by atoms with Crippen LogP contribution in [0.2, 0.25) is 0 Å². The van der Waals surface area contributed by atoms with E-state index < -0.39 is 0 Å². The predicted molar refractivity (Wildman–Crippen MR) is 123 cm³/mol. The van der Waals surface area contributed by atoms with Gasteiger partial charge >= 0.3 is 0 Å². The Balaban J connectivity index is 1.50. The summed E-state index contributed by atoms with van der Waals surface area (Å²) in [5.41, 5.74) is 1.47. The second-order valence-corrected chi connectivity index (χ2v) is 8.14. The van der Waals surface area contributed by atoms with Gasteiger partial charge in [-0.05, 0) is 47.4 Å². The zero-order valence-corrected chi connectivity index (χ0v) is 17.8. The molecular weight excluding hydrogens is 403 g/mol. The molecule has 1 unspecified atom stereocenters. The molecule has 4 nitrogen and oxygen atoms in total. The summed E-state index contributed by atoms with van der Waals surface area (Å²) in [7, 11) is 0. The summed E-state index contributed by atoms with van der Waals surface area (Å²) in [6, 6.07) is 19.6.